The van der Waals surface area contributed by atoms with Crippen molar-refractivity contribution < 1.29 is 9.53 Å². The largest absolute Gasteiger partial charge is 0.465 e. The van der Waals surface area contributed by atoms with Gasteiger partial charge in [-0.2, -0.15) is 0 Å². The molecule has 8 heteroatoms. The molecule has 0 bridgehead atoms. The van der Waals surface area contributed by atoms with Gasteiger partial charge < -0.3 is 20.7 Å². The van der Waals surface area contributed by atoms with Gasteiger partial charge in [-0.3, -0.25) is 4.98 Å². The lowest BCUT2D eigenvalue weighted by Gasteiger charge is -2.23. The van der Waals surface area contributed by atoms with E-state index in [9.17, 15) is 4.79 Å². The molecule has 0 unspecified atom stereocenters. The molecule has 0 amide bonds. The van der Waals surface area contributed by atoms with Gasteiger partial charge in [0.05, 0.1) is 23.9 Å². The quantitative estimate of drug-likeness (QED) is 0.486. The molecule has 4 rings (SSSR count). The van der Waals surface area contributed by atoms with E-state index in [2.05, 4.69) is 20.3 Å². The number of nitrogen functional groups attached to an aromatic ring is 1. The van der Waals surface area contributed by atoms with E-state index < -0.39 is 5.97 Å². The van der Waals surface area contributed by atoms with Crippen LogP contribution in [0.3, 0.4) is 0 Å². The van der Waals surface area contributed by atoms with E-state index >= 15 is 0 Å². The third-order valence-corrected chi connectivity index (χ3v) is 4.75. The van der Waals surface area contributed by atoms with Crippen molar-refractivity contribution in [2.75, 3.05) is 30.1 Å². The minimum absolute atomic E-state index is 0.348. The van der Waals surface area contributed by atoms with Gasteiger partial charge in [-0.05, 0) is 36.4 Å². The van der Waals surface area contributed by atoms with E-state index in [1.165, 1.54) is 13.4 Å². The van der Waals surface area contributed by atoms with Crippen molar-refractivity contribution in [3.8, 4) is 0 Å². The van der Waals surface area contributed by atoms with Crippen LogP contribution in [0.25, 0.3) is 10.9 Å². The SMILES string of the molecule is COC(=O)c1ccccc1N(C)c1ncnc(Nc2cccc3ncccc23)c1N. The van der Waals surface area contributed by atoms with Crippen molar-refractivity contribution in [3.63, 3.8) is 0 Å². The van der Waals surface area contributed by atoms with Crippen molar-refractivity contribution in [1.82, 2.24) is 15.0 Å². The van der Waals surface area contributed by atoms with Crippen molar-refractivity contribution in [3.05, 3.63) is 72.7 Å². The van der Waals surface area contributed by atoms with Crippen molar-refractivity contribution in [2.45, 2.75) is 0 Å². The lowest BCUT2D eigenvalue weighted by molar-refractivity contribution is 0.0601. The number of para-hydroxylation sites is 1. The summed E-state index contributed by atoms with van der Waals surface area (Å²) in [4.78, 5) is 26.9. The number of ether oxygens (including phenoxy) is 1. The smallest absolute Gasteiger partial charge is 0.339 e. The fourth-order valence-corrected chi connectivity index (χ4v) is 3.26. The summed E-state index contributed by atoms with van der Waals surface area (Å²) in [5.74, 6) is 0.479. The maximum Gasteiger partial charge on any atom is 0.339 e. The molecule has 2 heterocycles. The van der Waals surface area contributed by atoms with Crippen LogP contribution in [0.1, 0.15) is 10.4 Å². The number of benzene rings is 2. The summed E-state index contributed by atoms with van der Waals surface area (Å²) in [6, 6.07) is 16.7. The number of nitrogens with zero attached hydrogens (tertiary/aromatic N) is 4. The first-order valence-electron chi connectivity index (χ1n) is 9.22. The lowest BCUT2D eigenvalue weighted by atomic mass is 10.1. The zero-order valence-electron chi connectivity index (χ0n) is 16.5. The van der Waals surface area contributed by atoms with E-state index in [0.29, 0.717) is 28.6 Å². The van der Waals surface area contributed by atoms with Crippen LogP contribution in [0.15, 0.2) is 67.1 Å². The number of methoxy groups -OCH3 is 1. The summed E-state index contributed by atoms with van der Waals surface area (Å²) in [6.07, 6.45) is 3.17. The molecule has 4 aromatic rings. The predicted octanol–water partition coefficient (Wildman–Crippen LogP) is 3.91. The van der Waals surface area contributed by atoms with Gasteiger partial charge in [0.2, 0.25) is 0 Å². The molecule has 3 N–H and O–H groups in total. The fraction of sp³-hybridized carbons (Fsp3) is 0.0909. The van der Waals surface area contributed by atoms with Crippen LogP contribution in [0.2, 0.25) is 0 Å². The summed E-state index contributed by atoms with van der Waals surface area (Å²) >= 11 is 0. The van der Waals surface area contributed by atoms with Crippen LogP contribution in [0, 0.1) is 0 Å². The molecule has 0 aliphatic rings. The Hall–Kier alpha value is -4.20. The Balaban J connectivity index is 1.73. The Kier molecular flexibility index (Phi) is 5.13. The number of fused-ring (bicyclic) bond motifs is 1. The monoisotopic (exact) mass is 400 g/mol. The molecule has 0 spiro atoms. The van der Waals surface area contributed by atoms with Crippen LogP contribution in [0.5, 0.6) is 0 Å². The molecule has 0 saturated heterocycles. The average Bonchev–Trinajstić information content (AvgIpc) is 2.79. The first kappa shape index (κ1) is 19.1. The molecular formula is C22H20N6O2. The zero-order valence-corrected chi connectivity index (χ0v) is 16.5. The number of nitrogens with two attached hydrogens (primary N) is 1. The second-order valence-electron chi connectivity index (χ2n) is 6.53. The molecule has 8 nitrogen and oxygen atoms in total. The van der Waals surface area contributed by atoms with Crippen LogP contribution < -0.4 is 16.0 Å². The molecule has 30 heavy (non-hydrogen) atoms. The molecule has 0 radical (unpaired) electrons. The standard InChI is InChI=1S/C22H20N6O2/c1-28(18-11-4-3-7-15(18)22(29)30-2)21-19(23)20(25-13-26-21)27-17-10-5-9-16-14(17)8-6-12-24-16/h3-13H,23H2,1-2H3,(H,25,26,27). The first-order chi connectivity index (χ1) is 14.6. The summed E-state index contributed by atoms with van der Waals surface area (Å²) < 4.78 is 4.89. The number of anilines is 5. The molecule has 0 aliphatic carbocycles. The second-order valence-corrected chi connectivity index (χ2v) is 6.53. The minimum atomic E-state index is -0.438. The number of aromatic nitrogens is 3. The number of carbonyl (C=O) groups is 1. The van der Waals surface area contributed by atoms with Gasteiger partial charge in [-0.15, -0.1) is 0 Å². The van der Waals surface area contributed by atoms with Crippen molar-refractivity contribution >= 4 is 45.6 Å². The van der Waals surface area contributed by atoms with E-state index in [0.717, 1.165) is 16.6 Å². The van der Waals surface area contributed by atoms with Crippen LogP contribution in [-0.2, 0) is 4.74 Å². The van der Waals surface area contributed by atoms with Gasteiger partial charge in [0.15, 0.2) is 11.6 Å². The fourth-order valence-electron chi connectivity index (χ4n) is 3.26. The lowest BCUT2D eigenvalue weighted by Crippen LogP contribution is -2.18. The number of hydrogen-bond acceptors (Lipinski definition) is 8. The van der Waals surface area contributed by atoms with E-state index in [1.807, 2.05) is 36.4 Å². The number of rotatable bonds is 5. The predicted molar refractivity (Wildman–Crippen MR) is 117 cm³/mol. The first-order valence-corrected chi connectivity index (χ1v) is 9.22. The Morgan fingerprint density at radius 3 is 2.70 bits per heavy atom. The minimum Gasteiger partial charge on any atom is -0.465 e. The maximum absolute atomic E-state index is 12.2. The molecule has 2 aromatic carbocycles. The summed E-state index contributed by atoms with van der Waals surface area (Å²) in [5, 5.41) is 4.22. The van der Waals surface area contributed by atoms with Gasteiger partial charge in [0, 0.05) is 24.3 Å². The normalized spacial score (nSPS) is 10.6. The molecule has 150 valence electrons. The Bertz CT molecular complexity index is 1220. The summed E-state index contributed by atoms with van der Waals surface area (Å²) in [5.41, 5.74) is 9.48. The number of nitrogens with one attached hydrogen (secondary N) is 1. The van der Waals surface area contributed by atoms with E-state index in [1.54, 1.807) is 36.3 Å². The number of carbonyl (C=O) groups excluding carboxylic acids is 1. The van der Waals surface area contributed by atoms with Gasteiger partial charge in [0.1, 0.15) is 12.0 Å². The van der Waals surface area contributed by atoms with Crippen LogP contribution in [0.4, 0.5) is 28.7 Å². The molecule has 0 atom stereocenters. The van der Waals surface area contributed by atoms with Crippen LogP contribution in [-0.4, -0.2) is 35.1 Å². The molecule has 2 aromatic heterocycles. The van der Waals surface area contributed by atoms with Crippen LogP contribution >= 0.6 is 0 Å². The number of esters is 1. The molecule has 0 fully saturated rings. The highest BCUT2D eigenvalue weighted by Crippen LogP contribution is 2.34. The molecule has 0 aliphatic heterocycles. The topological polar surface area (TPSA) is 106 Å². The Morgan fingerprint density at radius 1 is 1.03 bits per heavy atom. The van der Waals surface area contributed by atoms with E-state index in [4.69, 9.17) is 10.5 Å². The van der Waals surface area contributed by atoms with Gasteiger partial charge >= 0.3 is 5.97 Å². The highest BCUT2D eigenvalue weighted by Gasteiger charge is 2.19. The van der Waals surface area contributed by atoms with Crippen molar-refractivity contribution in [1.29, 1.82) is 0 Å². The third-order valence-electron chi connectivity index (χ3n) is 4.75. The van der Waals surface area contributed by atoms with Gasteiger partial charge in [-0.25, -0.2) is 14.8 Å². The number of pyridine rings is 1. The van der Waals surface area contributed by atoms with Gasteiger partial charge in [-0.1, -0.05) is 18.2 Å². The summed E-state index contributed by atoms with van der Waals surface area (Å²) in [7, 11) is 3.13. The number of hydrogen-bond donors (Lipinski definition) is 2. The Morgan fingerprint density at radius 2 is 1.87 bits per heavy atom. The molecular weight excluding hydrogens is 380 g/mol. The van der Waals surface area contributed by atoms with Gasteiger partial charge in [0.25, 0.3) is 0 Å². The highest BCUT2D eigenvalue weighted by atomic mass is 16.5. The highest BCUT2D eigenvalue weighted by molar-refractivity contribution is 5.98. The average molecular weight is 400 g/mol. The second kappa shape index (κ2) is 8.04. The summed E-state index contributed by atoms with van der Waals surface area (Å²) in [6.45, 7) is 0. The third kappa shape index (κ3) is 3.46. The zero-order chi connectivity index (χ0) is 21.1. The Labute approximate surface area is 173 Å². The molecule has 0 saturated carbocycles. The van der Waals surface area contributed by atoms with E-state index in [-0.39, 0.29) is 0 Å². The van der Waals surface area contributed by atoms with Crippen molar-refractivity contribution in [2.24, 2.45) is 0 Å². The maximum atomic E-state index is 12.2.